The molecule has 1 aliphatic carbocycles. The van der Waals surface area contributed by atoms with Crippen molar-refractivity contribution in [2.45, 2.75) is 19.3 Å². The van der Waals surface area contributed by atoms with E-state index in [1.807, 2.05) is 36.7 Å². The molecule has 8 heteroatoms. The van der Waals surface area contributed by atoms with Gasteiger partial charge < -0.3 is 10.3 Å². The van der Waals surface area contributed by atoms with E-state index in [4.69, 9.17) is 0 Å². The molecule has 1 amide bonds. The maximum absolute atomic E-state index is 12.4. The second kappa shape index (κ2) is 8.42. The highest BCUT2D eigenvalue weighted by molar-refractivity contribution is 7.08. The molecular formula is C28H22N6OS. The van der Waals surface area contributed by atoms with Gasteiger partial charge in [-0.1, -0.05) is 12.5 Å². The molecule has 176 valence electrons. The Labute approximate surface area is 210 Å². The van der Waals surface area contributed by atoms with Crippen molar-refractivity contribution in [3.8, 4) is 33.6 Å². The van der Waals surface area contributed by atoms with E-state index in [0.29, 0.717) is 0 Å². The first-order valence-corrected chi connectivity index (χ1v) is 12.9. The van der Waals surface area contributed by atoms with Gasteiger partial charge in [0.25, 0.3) is 0 Å². The van der Waals surface area contributed by atoms with Crippen LogP contribution in [0.4, 0.5) is 5.69 Å². The number of benzene rings is 1. The highest BCUT2D eigenvalue weighted by Crippen LogP contribution is 2.35. The smallest absolute Gasteiger partial charge is 0.227 e. The topological polar surface area (TPSA) is 99.3 Å². The van der Waals surface area contributed by atoms with E-state index < -0.39 is 0 Å². The van der Waals surface area contributed by atoms with E-state index in [-0.39, 0.29) is 11.8 Å². The standard InChI is InChI=1S/C28H22N6OS/c35-28(16-2-1-3-16)31-20-10-19(13-29-14-20)17-4-5-24-23(11-17)26(34-33-24)25-12-22-21(18-7-9-36-15-18)6-8-30-27(22)32-25/h4-16H,1-3H2,(H,30,32)(H,31,35)(H,33,34). The summed E-state index contributed by atoms with van der Waals surface area (Å²) in [6.45, 7) is 0. The molecule has 7 rings (SSSR count). The molecular weight excluding hydrogens is 468 g/mol. The fourth-order valence-corrected chi connectivity index (χ4v) is 5.46. The van der Waals surface area contributed by atoms with Gasteiger partial charge in [0.1, 0.15) is 11.3 Å². The lowest BCUT2D eigenvalue weighted by molar-refractivity contribution is -0.122. The lowest BCUT2D eigenvalue weighted by Gasteiger charge is -2.24. The molecule has 36 heavy (non-hydrogen) atoms. The van der Waals surface area contributed by atoms with Gasteiger partial charge in [-0.15, -0.1) is 0 Å². The summed E-state index contributed by atoms with van der Waals surface area (Å²) < 4.78 is 0. The van der Waals surface area contributed by atoms with Crippen molar-refractivity contribution in [1.82, 2.24) is 25.1 Å². The van der Waals surface area contributed by atoms with Crippen LogP contribution >= 0.6 is 11.3 Å². The number of fused-ring (bicyclic) bond motifs is 2. The van der Waals surface area contributed by atoms with Crippen LogP contribution in [-0.4, -0.2) is 31.1 Å². The zero-order chi connectivity index (χ0) is 24.1. The molecule has 0 atom stereocenters. The number of thiophene rings is 1. The summed E-state index contributed by atoms with van der Waals surface area (Å²) in [4.78, 5) is 24.8. The number of aromatic nitrogens is 5. The predicted octanol–water partition coefficient (Wildman–Crippen LogP) is 6.64. The molecule has 6 aromatic rings. The SMILES string of the molecule is O=C(Nc1cncc(-c2ccc3[nH]nc(-c4cc5c(-c6ccsc6)ccnc5[nH]4)c3c2)c1)C1CCC1. The van der Waals surface area contributed by atoms with Gasteiger partial charge in [-0.25, -0.2) is 4.98 Å². The van der Waals surface area contributed by atoms with E-state index in [1.165, 1.54) is 5.56 Å². The summed E-state index contributed by atoms with van der Waals surface area (Å²) in [5.41, 5.74) is 8.52. The number of nitrogens with one attached hydrogen (secondary N) is 3. The molecule has 1 saturated carbocycles. The van der Waals surface area contributed by atoms with Crippen LogP contribution in [0.25, 0.3) is 55.6 Å². The van der Waals surface area contributed by atoms with E-state index in [2.05, 4.69) is 59.4 Å². The Balaban J connectivity index is 1.26. The summed E-state index contributed by atoms with van der Waals surface area (Å²) in [6.07, 6.45) is 8.42. The van der Waals surface area contributed by atoms with Gasteiger partial charge >= 0.3 is 0 Å². The Morgan fingerprint density at radius 1 is 1.00 bits per heavy atom. The van der Waals surface area contributed by atoms with Gasteiger partial charge in [-0.05, 0) is 76.7 Å². The van der Waals surface area contributed by atoms with Crippen molar-refractivity contribution >= 4 is 44.9 Å². The molecule has 0 bridgehead atoms. The summed E-state index contributed by atoms with van der Waals surface area (Å²) in [6, 6.07) is 14.5. The van der Waals surface area contributed by atoms with Crippen LogP contribution in [0.15, 0.2) is 71.8 Å². The molecule has 0 saturated heterocycles. The van der Waals surface area contributed by atoms with E-state index in [0.717, 1.165) is 75.0 Å². The van der Waals surface area contributed by atoms with Crippen LogP contribution in [0.1, 0.15) is 19.3 Å². The fraction of sp³-hybridized carbons (Fsp3) is 0.143. The number of hydrogen-bond donors (Lipinski definition) is 3. The number of carbonyl (C=O) groups excluding carboxylic acids is 1. The predicted molar refractivity (Wildman–Crippen MR) is 144 cm³/mol. The maximum Gasteiger partial charge on any atom is 0.227 e. The average Bonchev–Trinajstić information content (AvgIpc) is 3.61. The first kappa shape index (κ1) is 21.0. The van der Waals surface area contributed by atoms with E-state index in [9.17, 15) is 4.79 Å². The largest absolute Gasteiger partial charge is 0.338 e. The molecule has 7 nitrogen and oxygen atoms in total. The molecule has 0 aliphatic heterocycles. The molecule has 5 heterocycles. The number of hydrogen-bond acceptors (Lipinski definition) is 5. The van der Waals surface area contributed by atoms with Gasteiger partial charge in [0, 0.05) is 34.6 Å². The lowest BCUT2D eigenvalue weighted by atomic mass is 9.85. The van der Waals surface area contributed by atoms with Gasteiger partial charge in [-0.2, -0.15) is 16.4 Å². The van der Waals surface area contributed by atoms with Crippen LogP contribution in [0.2, 0.25) is 0 Å². The van der Waals surface area contributed by atoms with Gasteiger partial charge in [0.2, 0.25) is 5.91 Å². The molecule has 1 aromatic carbocycles. The number of anilines is 1. The van der Waals surface area contributed by atoms with Gasteiger partial charge in [-0.3, -0.25) is 14.9 Å². The summed E-state index contributed by atoms with van der Waals surface area (Å²) >= 11 is 1.68. The summed E-state index contributed by atoms with van der Waals surface area (Å²) in [5.74, 6) is 0.214. The zero-order valence-corrected chi connectivity index (χ0v) is 20.1. The van der Waals surface area contributed by atoms with E-state index in [1.54, 1.807) is 17.5 Å². The number of aromatic amines is 2. The van der Waals surface area contributed by atoms with Crippen molar-refractivity contribution in [2.24, 2.45) is 5.92 Å². The molecule has 0 spiro atoms. The molecule has 5 aromatic heterocycles. The summed E-state index contributed by atoms with van der Waals surface area (Å²) in [7, 11) is 0. The highest BCUT2D eigenvalue weighted by Gasteiger charge is 2.25. The second-order valence-corrected chi connectivity index (χ2v) is 10.0. The number of amides is 1. The van der Waals surface area contributed by atoms with Crippen LogP contribution < -0.4 is 5.32 Å². The first-order valence-electron chi connectivity index (χ1n) is 12.0. The Kier molecular flexibility index (Phi) is 4.92. The number of pyridine rings is 2. The number of carbonyl (C=O) groups is 1. The number of H-pyrrole nitrogens is 2. The third-order valence-electron chi connectivity index (χ3n) is 7.00. The first-order chi connectivity index (χ1) is 17.7. The Bertz CT molecular complexity index is 1730. The van der Waals surface area contributed by atoms with Gasteiger partial charge in [0.15, 0.2) is 0 Å². The van der Waals surface area contributed by atoms with Crippen molar-refractivity contribution in [1.29, 1.82) is 0 Å². The minimum Gasteiger partial charge on any atom is -0.338 e. The molecule has 0 unspecified atom stereocenters. The van der Waals surface area contributed by atoms with Crippen LogP contribution in [0, 0.1) is 5.92 Å². The monoisotopic (exact) mass is 490 g/mol. The fourth-order valence-electron chi connectivity index (χ4n) is 4.80. The molecule has 3 N–H and O–H groups in total. The van der Waals surface area contributed by atoms with Crippen molar-refractivity contribution < 1.29 is 4.79 Å². The minimum absolute atomic E-state index is 0.0852. The van der Waals surface area contributed by atoms with Crippen molar-refractivity contribution in [3.05, 3.63) is 71.8 Å². The Morgan fingerprint density at radius 2 is 1.94 bits per heavy atom. The quantitative estimate of drug-likeness (QED) is 0.252. The normalized spacial score (nSPS) is 13.8. The van der Waals surface area contributed by atoms with Crippen LogP contribution in [-0.2, 0) is 4.79 Å². The van der Waals surface area contributed by atoms with E-state index >= 15 is 0 Å². The Hall–Kier alpha value is -4.30. The molecule has 0 radical (unpaired) electrons. The second-order valence-electron chi connectivity index (χ2n) is 9.23. The summed E-state index contributed by atoms with van der Waals surface area (Å²) in [5, 5.41) is 17.1. The number of rotatable bonds is 5. The lowest BCUT2D eigenvalue weighted by Crippen LogP contribution is -2.28. The van der Waals surface area contributed by atoms with Gasteiger partial charge in [0.05, 0.1) is 23.1 Å². The average molecular weight is 491 g/mol. The highest BCUT2D eigenvalue weighted by atomic mass is 32.1. The molecule has 1 aliphatic rings. The van der Waals surface area contributed by atoms with Crippen molar-refractivity contribution in [2.75, 3.05) is 5.32 Å². The molecule has 1 fully saturated rings. The van der Waals surface area contributed by atoms with Crippen LogP contribution in [0.5, 0.6) is 0 Å². The third kappa shape index (κ3) is 3.58. The zero-order valence-electron chi connectivity index (χ0n) is 19.3. The van der Waals surface area contributed by atoms with Crippen LogP contribution in [0.3, 0.4) is 0 Å². The minimum atomic E-state index is 0.0852. The number of nitrogens with zero attached hydrogens (tertiary/aromatic N) is 3. The van der Waals surface area contributed by atoms with Crippen molar-refractivity contribution in [3.63, 3.8) is 0 Å². The Morgan fingerprint density at radius 3 is 2.78 bits per heavy atom. The maximum atomic E-state index is 12.4. The third-order valence-corrected chi connectivity index (χ3v) is 7.68.